The molecule has 1 aliphatic rings. The summed E-state index contributed by atoms with van der Waals surface area (Å²) in [4.78, 5) is 12.6. The molecule has 0 aromatic heterocycles. The molecule has 0 unspecified atom stereocenters. The minimum absolute atomic E-state index is 0.126. The summed E-state index contributed by atoms with van der Waals surface area (Å²) >= 11 is 0. The van der Waals surface area contributed by atoms with E-state index in [0.717, 1.165) is 18.6 Å². The molecule has 1 fully saturated rings. The van der Waals surface area contributed by atoms with Crippen molar-refractivity contribution < 1.29 is 22.7 Å². The highest BCUT2D eigenvalue weighted by atomic mass is 32.2. The molecule has 2 aromatic rings. The van der Waals surface area contributed by atoms with Crippen molar-refractivity contribution in [1.29, 1.82) is 0 Å². The fourth-order valence-electron chi connectivity index (χ4n) is 3.56. The van der Waals surface area contributed by atoms with Gasteiger partial charge in [0.05, 0.1) is 18.0 Å². The van der Waals surface area contributed by atoms with Gasteiger partial charge in [0.1, 0.15) is 18.1 Å². The van der Waals surface area contributed by atoms with E-state index in [0.29, 0.717) is 37.4 Å². The van der Waals surface area contributed by atoms with Gasteiger partial charge in [0.15, 0.2) is 0 Å². The third-order valence-corrected chi connectivity index (χ3v) is 7.12. The molecule has 1 heterocycles. The summed E-state index contributed by atoms with van der Waals surface area (Å²) in [6.07, 6.45) is 2.37. The normalized spacial score (nSPS) is 15.4. The van der Waals surface area contributed by atoms with E-state index in [2.05, 4.69) is 5.32 Å². The highest BCUT2D eigenvalue weighted by Crippen LogP contribution is 2.27. The lowest BCUT2D eigenvalue weighted by atomic mass is 10.1. The Balaban J connectivity index is 1.57. The first-order valence-electron chi connectivity index (χ1n) is 10.5. The topological polar surface area (TPSA) is 84.9 Å². The number of para-hydroxylation sites is 1. The third-order valence-electron chi connectivity index (χ3n) is 5.23. The van der Waals surface area contributed by atoms with Gasteiger partial charge in [-0.25, -0.2) is 8.42 Å². The van der Waals surface area contributed by atoms with E-state index in [1.807, 2.05) is 37.3 Å². The van der Waals surface area contributed by atoms with Crippen molar-refractivity contribution in [3.8, 4) is 11.5 Å². The van der Waals surface area contributed by atoms with Crippen LogP contribution in [-0.4, -0.2) is 51.5 Å². The van der Waals surface area contributed by atoms with Gasteiger partial charge in [-0.15, -0.1) is 0 Å². The number of ether oxygens (including phenoxy) is 2. The molecule has 0 radical (unpaired) electrons. The highest BCUT2D eigenvalue weighted by Gasteiger charge is 2.27. The van der Waals surface area contributed by atoms with Crippen molar-refractivity contribution in [3.05, 3.63) is 54.1 Å². The minimum atomic E-state index is -3.52. The lowest BCUT2D eigenvalue weighted by Crippen LogP contribution is -2.36. The Labute approximate surface area is 184 Å². The number of nitrogens with zero attached hydrogens (tertiary/aromatic N) is 1. The number of carbonyl (C=O) groups is 1. The van der Waals surface area contributed by atoms with Crippen LogP contribution in [0.1, 0.15) is 31.7 Å². The largest absolute Gasteiger partial charge is 0.496 e. The van der Waals surface area contributed by atoms with Gasteiger partial charge in [-0.05, 0) is 62.1 Å². The number of sulfonamides is 1. The molecule has 1 saturated heterocycles. The standard InChI is InChI=1S/C23H30N2O5S/c1-18(17-30-20-8-4-3-5-9-20)24-23(26)13-10-19-16-21(11-12-22(19)29-2)31(27,28)25-14-6-7-15-25/h3-5,8-9,11-12,16,18H,6-7,10,13-15,17H2,1-2H3,(H,24,26)/t18-/m1/s1. The quantitative estimate of drug-likeness (QED) is 0.607. The number of nitrogens with one attached hydrogen (secondary N) is 1. The van der Waals surface area contributed by atoms with Crippen LogP contribution in [0.2, 0.25) is 0 Å². The van der Waals surface area contributed by atoms with Crippen LogP contribution in [0.15, 0.2) is 53.4 Å². The zero-order chi connectivity index (χ0) is 22.3. The van der Waals surface area contributed by atoms with E-state index in [1.165, 1.54) is 11.4 Å². The van der Waals surface area contributed by atoms with Crippen molar-refractivity contribution in [2.45, 2.75) is 43.5 Å². The predicted molar refractivity (Wildman–Crippen MR) is 119 cm³/mol. The van der Waals surface area contributed by atoms with Crippen LogP contribution in [0, 0.1) is 0 Å². The molecule has 0 spiro atoms. The van der Waals surface area contributed by atoms with Crippen molar-refractivity contribution in [2.24, 2.45) is 0 Å². The Hall–Kier alpha value is -2.58. The summed E-state index contributed by atoms with van der Waals surface area (Å²) in [5, 5.41) is 2.92. The lowest BCUT2D eigenvalue weighted by molar-refractivity contribution is -0.121. The van der Waals surface area contributed by atoms with Gasteiger partial charge in [0.2, 0.25) is 15.9 Å². The number of amides is 1. The fourth-order valence-corrected chi connectivity index (χ4v) is 5.13. The molecule has 0 aliphatic carbocycles. The van der Waals surface area contributed by atoms with Crippen molar-refractivity contribution >= 4 is 15.9 Å². The van der Waals surface area contributed by atoms with E-state index in [9.17, 15) is 13.2 Å². The van der Waals surface area contributed by atoms with Gasteiger partial charge in [0.25, 0.3) is 0 Å². The van der Waals surface area contributed by atoms with Gasteiger partial charge in [-0.3, -0.25) is 4.79 Å². The highest BCUT2D eigenvalue weighted by molar-refractivity contribution is 7.89. The van der Waals surface area contributed by atoms with E-state index in [1.54, 1.807) is 18.2 Å². The van der Waals surface area contributed by atoms with E-state index in [-0.39, 0.29) is 23.3 Å². The maximum atomic E-state index is 12.9. The molecule has 1 N–H and O–H groups in total. The summed E-state index contributed by atoms with van der Waals surface area (Å²) in [5.41, 5.74) is 0.700. The maximum Gasteiger partial charge on any atom is 0.243 e. The van der Waals surface area contributed by atoms with Crippen molar-refractivity contribution in [2.75, 3.05) is 26.8 Å². The molecule has 1 atom stereocenters. The summed E-state index contributed by atoms with van der Waals surface area (Å²) < 4.78 is 38.3. The average molecular weight is 447 g/mol. The van der Waals surface area contributed by atoms with Gasteiger partial charge >= 0.3 is 0 Å². The van der Waals surface area contributed by atoms with Crippen LogP contribution >= 0.6 is 0 Å². The monoisotopic (exact) mass is 446 g/mol. The Morgan fingerprint density at radius 1 is 1.13 bits per heavy atom. The molecule has 8 heteroatoms. The van der Waals surface area contributed by atoms with Gasteiger partial charge in [0, 0.05) is 19.5 Å². The molecule has 31 heavy (non-hydrogen) atoms. The van der Waals surface area contributed by atoms with Crippen LogP contribution in [0.25, 0.3) is 0 Å². The first kappa shape index (κ1) is 23.1. The maximum absolute atomic E-state index is 12.9. The Kier molecular flexibility index (Phi) is 7.92. The second-order valence-electron chi connectivity index (χ2n) is 7.68. The smallest absolute Gasteiger partial charge is 0.243 e. The zero-order valence-electron chi connectivity index (χ0n) is 18.0. The van der Waals surface area contributed by atoms with Crippen molar-refractivity contribution in [3.63, 3.8) is 0 Å². The number of methoxy groups -OCH3 is 1. The molecule has 2 aromatic carbocycles. The molecule has 0 saturated carbocycles. The Morgan fingerprint density at radius 2 is 1.84 bits per heavy atom. The number of hydrogen-bond acceptors (Lipinski definition) is 5. The Morgan fingerprint density at radius 3 is 2.52 bits per heavy atom. The summed E-state index contributed by atoms with van der Waals surface area (Å²) in [6, 6.07) is 14.1. The second-order valence-corrected chi connectivity index (χ2v) is 9.62. The second kappa shape index (κ2) is 10.6. The van der Waals surface area contributed by atoms with Gasteiger partial charge < -0.3 is 14.8 Å². The summed E-state index contributed by atoms with van der Waals surface area (Å²) in [5.74, 6) is 1.21. The minimum Gasteiger partial charge on any atom is -0.496 e. The zero-order valence-corrected chi connectivity index (χ0v) is 18.9. The number of carbonyl (C=O) groups excluding carboxylic acids is 1. The predicted octanol–water partition coefficient (Wildman–Crippen LogP) is 3.00. The van der Waals surface area contributed by atoms with Gasteiger partial charge in [-0.1, -0.05) is 18.2 Å². The first-order valence-corrected chi connectivity index (χ1v) is 12.0. The van der Waals surface area contributed by atoms with Crippen LogP contribution in [-0.2, 0) is 21.2 Å². The molecule has 3 rings (SSSR count). The summed E-state index contributed by atoms with van der Waals surface area (Å²) in [7, 11) is -1.98. The van der Waals surface area contributed by atoms with Crippen molar-refractivity contribution in [1.82, 2.24) is 9.62 Å². The Bertz CT molecular complexity index is 973. The van der Waals surface area contributed by atoms with Crippen LogP contribution in [0.5, 0.6) is 11.5 Å². The number of benzene rings is 2. The fraction of sp³-hybridized carbons (Fsp3) is 0.435. The van der Waals surface area contributed by atoms with E-state index in [4.69, 9.17) is 9.47 Å². The average Bonchev–Trinajstić information content (AvgIpc) is 3.33. The first-order chi connectivity index (χ1) is 14.9. The number of hydrogen-bond donors (Lipinski definition) is 1. The molecule has 1 aliphatic heterocycles. The van der Waals surface area contributed by atoms with Gasteiger partial charge in [-0.2, -0.15) is 4.31 Å². The van der Waals surface area contributed by atoms with E-state index >= 15 is 0 Å². The van der Waals surface area contributed by atoms with E-state index < -0.39 is 10.0 Å². The van der Waals surface area contributed by atoms with Crippen LogP contribution < -0.4 is 14.8 Å². The molecule has 1 amide bonds. The SMILES string of the molecule is COc1ccc(S(=O)(=O)N2CCCC2)cc1CCC(=O)N[C@H](C)COc1ccccc1. The lowest BCUT2D eigenvalue weighted by Gasteiger charge is -2.18. The van der Waals surface area contributed by atoms with Crippen LogP contribution in [0.3, 0.4) is 0 Å². The van der Waals surface area contributed by atoms with Crippen LogP contribution in [0.4, 0.5) is 0 Å². The third kappa shape index (κ3) is 6.21. The molecular formula is C23H30N2O5S. The molecular weight excluding hydrogens is 416 g/mol. The molecule has 7 nitrogen and oxygen atoms in total. The number of aryl methyl sites for hydroxylation is 1. The number of rotatable bonds is 10. The molecule has 0 bridgehead atoms. The summed E-state index contributed by atoms with van der Waals surface area (Å²) in [6.45, 7) is 3.34. The molecule has 168 valence electrons.